The van der Waals surface area contributed by atoms with E-state index in [1.165, 1.54) is 23.6 Å². The van der Waals surface area contributed by atoms with Gasteiger partial charge in [0.05, 0.1) is 12.7 Å². The molecule has 2 aromatic carbocycles. The van der Waals surface area contributed by atoms with E-state index in [4.69, 9.17) is 0 Å². The number of nitrogens with zero attached hydrogens (tertiary/aromatic N) is 2. The van der Waals surface area contributed by atoms with Gasteiger partial charge in [0.25, 0.3) is 5.91 Å². The Bertz CT molecular complexity index is 1050. The molecule has 4 rings (SSSR count). The number of rotatable bonds is 6. The van der Waals surface area contributed by atoms with Crippen LogP contribution in [0.3, 0.4) is 0 Å². The van der Waals surface area contributed by atoms with Crippen molar-refractivity contribution in [2.24, 2.45) is 0 Å². The van der Waals surface area contributed by atoms with Gasteiger partial charge in [0.15, 0.2) is 0 Å². The first-order valence-corrected chi connectivity index (χ1v) is 11.0. The highest BCUT2D eigenvalue weighted by Gasteiger charge is 2.23. The first-order valence-electron chi connectivity index (χ1n) is 10.2. The average molecular weight is 439 g/mol. The Morgan fingerprint density at radius 3 is 2.52 bits per heavy atom. The molecule has 2 heterocycles. The molecule has 1 aliphatic heterocycles. The highest BCUT2D eigenvalue weighted by Crippen LogP contribution is 2.27. The van der Waals surface area contributed by atoms with E-state index in [1.54, 1.807) is 18.2 Å². The summed E-state index contributed by atoms with van der Waals surface area (Å²) in [4.78, 5) is 31.6. The fourth-order valence-electron chi connectivity index (χ4n) is 3.56. The van der Waals surface area contributed by atoms with Crippen molar-refractivity contribution in [3.8, 4) is 10.6 Å². The van der Waals surface area contributed by atoms with E-state index in [0.29, 0.717) is 22.0 Å². The van der Waals surface area contributed by atoms with Gasteiger partial charge in [0, 0.05) is 30.4 Å². The Kier molecular flexibility index (Phi) is 6.69. The second kappa shape index (κ2) is 9.80. The summed E-state index contributed by atoms with van der Waals surface area (Å²) < 4.78 is 13.9. The molecule has 3 aromatic rings. The number of anilines is 1. The molecule has 0 spiro atoms. The van der Waals surface area contributed by atoms with Crippen LogP contribution in [0.1, 0.15) is 22.5 Å². The van der Waals surface area contributed by atoms with Gasteiger partial charge >= 0.3 is 0 Å². The van der Waals surface area contributed by atoms with E-state index >= 15 is 0 Å². The molecule has 1 saturated heterocycles. The molecular formula is C23H23FN4O2S. The summed E-state index contributed by atoms with van der Waals surface area (Å²) in [6, 6.07) is 15.8. The molecule has 2 amide bonds. The summed E-state index contributed by atoms with van der Waals surface area (Å²) in [5.41, 5.74) is 1.18. The van der Waals surface area contributed by atoms with Crippen molar-refractivity contribution in [2.75, 3.05) is 25.0 Å². The quantitative estimate of drug-likeness (QED) is 0.614. The second-order valence-corrected chi connectivity index (χ2v) is 8.48. The number of hydrogen-bond acceptors (Lipinski definition) is 5. The topological polar surface area (TPSA) is 74.3 Å². The van der Waals surface area contributed by atoms with Crippen LogP contribution >= 0.6 is 11.3 Å². The van der Waals surface area contributed by atoms with Crippen LogP contribution in [0.25, 0.3) is 10.6 Å². The Labute approximate surface area is 184 Å². The lowest BCUT2D eigenvalue weighted by atomic mass is 10.0. The zero-order chi connectivity index (χ0) is 21.6. The number of carbonyl (C=O) groups is 2. The molecule has 31 heavy (non-hydrogen) atoms. The molecule has 6 nitrogen and oxygen atoms in total. The molecule has 0 saturated carbocycles. The largest absolute Gasteiger partial charge is 0.348 e. The average Bonchev–Trinajstić information content (AvgIpc) is 3.26. The maximum absolute atomic E-state index is 13.9. The van der Waals surface area contributed by atoms with E-state index < -0.39 is 0 Å². The van der Waals surface area contributed by atoms with Gasteiger partial charge in [-0.1, -0.05) is 30.3 Å². The fraction of sp³-hybridized carbons (Fsp3) is 0.261. The van der Waals surface area contributed by atoms with E-state index in [2.05, 4.69) is 20.5 Å². The fourth-order valence-corrected chi connectivity index (χ4v) is 4.40. The molecule has 0 aliphatic carbocycles. The van der Waals surface area contributed by atoms with Crippen LogP contribution < -0.4 is 10.6 Å². The number of halogens is 1. The monoisotopic (exact) mass is 438 g/mol. The second-order valence-electron chi connectivity index (χ2n) is 7.45. The predicted octanol–water partition coefficient (Wildman–Crippen LogP) is 3.78. The number of nitrogens with one attached hydrogen (secondary N) is 2. The molecule has 1 aromatic heterocycles. The highest BCUT2D eigenvalue weighted by molar-refractivity contribution is 7.16. The molecule has 0 bridgehead atoms. The molecule has 8 heteroatoms. The van der Waals surface area contributed by atoms with Crippen LogP contribution in [0.4, 0.5) is 10.1 Å². The van der Waals surface area contributed by atoms with Gasteiger partial charge in [0.2, 0.25) is 5.91 Å². The third-order valence-electron chi connectivity index (χ3n) is 5.18. The Balaban J connectivity index is 1.25. The van der Waals surface area contributed by atoms with Crippen LogP contribution in [0.2, 0.25) is 0 Å². The Morgan fingerprint density at radius 1 is 1.06 bits per heavy atom. The van der Waals surface area contributed by atoms with Gasteiger partial charge in [-0.15, -0.1) is 11.3 Å². The summed E-state index contributed by atoms with van der Waals surface area (Å²) in [7, 11) is 0. The lowest BCUT2D eigenvalue weighted by Crippen LogP contribution is -2.46. The number of hydrogen-bond donors (Lipinski definition) is 2. The number of carbonyl (C=O) groups excluding carboxylic acids is 2. The van der Waals surface area contributed by atoms with Crippen molar-refractivity contribution in [3.63, 3.8) is 0 Å². The van der Waals surface area contributed by atoms with Crippen LogP contribution in [0.5, 0.6) is 0 Å². The van der Waals surface area contributed by atoms with Crippen LogP contribution in [0.15, 0.2) is 60.8 Å². The van der Waals surface area contributed by atoms with Gasteiger partial charge in [-0.3, -0.25) is 14.5 Å². The van der Waals surface area contributed by atoms with Crippen molar-refractivity contribution in [1.82, 2.24) is 15.2 Å². The lowest BCUT2D eigenvalue weighted by molar-refractivity contribution is -0.117. The Hall–Kier alpha value is -3.10. The van der Waals surface area contributed by atoms with E-state index in [1.807, 2.05) is 30.3 Å². The smallest absolute Gasteiger partial charge is 0.263 e. The number of aromatic nitrogens is 1. The van der Waals surface area contributed by atoms with Gasteiger partial charge in [-0.25, -0.2) is 9.37 Å². The van der Waals surface area contributed by atoms with Gasteiger partial charge in [-0.2, -0.15) is 0 Å². The summed E-state index contributed by atoms with van der Waals surface area (Å²) in [6.07, 6.45) is 3.03. The third-order valence-corrected chi connectivity index (χ3v) is 6.21. The minimum atomic E-state index is -0.354. The highest BCUT2D eigenvalue weighted by atomic mass is 32.1. The first-order chi connectivity index (χ1) is 15.1. The van der Waals surface area contributed by atoms with Crippen LogP contribution in [0, 0.1) is 5.82 Å². The summed E-state index contributed by atoms with van der Waals surface area (Å²) in [5.74, 6) is -0.591. The standard InChI is InChI=1S/C23H23FN4O2S/c24-19-9-5-4-8-18(19)23-25-14-20(31-23)22(30)27-17-10-12-28(13-11-17)15-21(29)26-16-6-2-1-3-7-16/h1-9,14,17H,10-13,15H2,(H,26,29)(H,27,30). The number of piperidine rings is 1. The van der Waals surface area contributed by atoms with Crippen LogP contribution in [-0.2, 0) is 4.79 Å². The number of likely N-dealkylation sites (tertiary alicyclic amines) is 1. The van der Waals surface area contributed by atoms with Crippen LogP contribution in [-0.4, -0.2) is 47.4 Å². The number of para-hydroxylation sites is 1. The minimum Gasteiger partial charge on any atom is -0.348 e. The zero-order valence-corrected chi connectivity index (χ0v) is 17.7. The summed E-state index contributed by atoms with van der Waals surface area (Å²) in [6.45, 7) is 1.79. The number of benzene rings is 2. The molecule has 0 radical (unpaired) electrons. The van der Waals surface area contributed by atoms with Gasteiger partial charge < -0.3 is 10.6 Å². The predicted molar refractivity (Wildman–Crippen MR) is 120 cm³/mol. The molecule has 0 unspecified atom stereocenters. The van der Waals surface area contributed by atoms with E-state index in [9.17, 15) is 14.0 Å². The SMILES string of the molecule is O=C(CN1CCC(NC(=O)c2cnc(-c3ccccc3F)s2)CC1)Nc1ccccc1. The normalized spacial score (nSPS) is 14.9. The molecule has 1 aliphatic rings. The van der Waals surface area contributed by atoms with Crippen molar-refractivity contribution in [1.29, 1.82) is 0 Å². The van der Waals surface area contributed by atoms with Crippen molar-refractivity contribution in [2.45, 2.75) is 18.9 Å². The van der Waals surface area contributed by atoms with E-state index in [-0.39, 0.29) is 23.7 Å². The third kappa shape index (κ3) is 5.53. The summed E-state index contributed by atoms with van der Waals surface area (Å²) >= 11 is 1.18. The van der Waals surface area contributed by atoms with E-state index in [0.717, 1.165) is 31.6 Å². The maximum atomic E-state index is 13.9. The zero-order valence-electron chi connectivity index (χ0n) is 16.9. The first kappa shape index (κ1) is 21.1. The minimum absolute atomic E-state index is 0.0416. The Morgan fingerprint density at radius 2 is 1.77 bits per heavy atom. The molecule has 2 N–H and O–H groups in total. The van der Waals surface area contributed by atoms with Gasteiger partial charge in [0.1, 0.15) is 15.7 Å². The van der Waals surface area contributed by atoms with Crippen molar-refractivity contribution < 1.29 is 14.0 Å². The summed E-state index contributed by atoms with van der Waals surface area (Å²) in [5, 5.41) is 6.42. The van der Waals surface area contributed by atoms with Gasteiger partial charge in [-0.05, 0) is 37.1 Å². The molecule has 0 atom stereocenters. The number of amides is 2. The van der Waals surface area contributed by atoms with Crippen molar-refractivity contribution >= 4 is 28.8 Å². The molecular weight excluding hydrogens is 415 g/mol. The lowest BCUT2D eigenvalue weighted by Gasteiger charge is -2.31. The van der Waals surface area contributed by atoms with Crippen molar-refractivity contribution in [3.05, 3.63) is 71.5 Å². The molecule has 1 fully saturated rings. The number of thiazole rings is 1. The maximum Gasteiger partial charge on any atom is 0.263 e. The molecule has 160 valence electrons.